The largest absolute Gasteiger partial charge is 0.466 e. The molecule has 6 N–H and O–H groups in total. The van der Waals surface area contributed by atoms with Gasteiger partial charge in [0.2, 0.25) is 5.91 Å². The number of nitrogens with zero attached hydrogens (tertiary/aromatic N) is 2. The van der Waals surface area contributed by atoms with Crippen molar-refractivity contribution in [2.45, 2.75) is 248 Å². The molecule has 0 spiro atoms. The van der Waals surface area contributed by atoms with Gasteiger partial charge in [0.25, 0.3) is 23.6 Å². The first-order valence-corrected chi connectivity index (χ1v) is 40.0. The minimum atomic E-state index is -1.45. The Morgan fingerprint density at radius 1 is 0.806 bits per heavy atom. The number of fused-ring (bicyclic) bond motifs is 2. The van der Waals surface area contributed by atoms with Gasteiger partial charge >= 0.3 is 24.0 Å². The number of carbonyl (C=O) groups is 11. The number of hydrogen-bond acceptors (Lipinski definition) is 19. The van der Waals surface area contributed by atoms with Crippen molar-refractivity contribution in [2.75, 3.05) is 18.1 Å². The molecule has 0 unspecified atom stereocenters. The summed E-state index contributed by atoms with van der Waals surface area (Å²) in [6, 6.07) is 4.62. The molecule has 3 heterocycles. The van der Waals surface area contributed by atoms with Crippen LogP contribution in [0.25, 0.3) is 0 Å². The number of cyclic esters (lactones) is 1. The van der Waals surface area contributed by atoms with E-state index in [1.54, 1.807) is 86.6 Å². The number of carbonyl (C=O) groups excluding carboxylic acids is 11. The molecule has 23 nitrogen and oxygen atoms in total. The molecule has 98 heavy (non-hydrogen) atoms. The van der Waals surface area contributed by atoms with E-state index in [2.05, 4.69) is 75.4 Å². The summed E-state index contributed by atoms with van der Waals surface area (Å²) in [5.74, 6) is -4.46. The molecule has 0 aromatic carbocycles. The molecule has 1 aliphatic rings. The number of hydrogen-bond donors (Lipinski definition) is 6. The summed E-state index contributed by atoms with van der Waals surface area (Å²) in [5.41, 5.74) is 0.497. The maximum Gasteiger partial charge on any atom is 0.407 e. The molecule has 0 radical (unpaired) electrons. The number of rotatable bonds is 35. The van der Waals surface area contributed by atoms with E-state index in [4.69, 9.17) is 18.9 Å². The Hall–Kier alpha value is -7.45. The molecule has 544 valence electrons. The van der Waals surface area contributed by atoms with Crippen molar-refractivity contribution in [1.29, 1.82) is 0 Å². The topological polar surface area (TPSA) is 323 Å². The van der Waals surface area contributed by atoms with Crippen LogP contribution in [0.1, 0.15) is 211 Å². The first kappa shape index (κ1) is 86.6. The zero-order chi connectivity index (χ0) is 73.2. The fourth-order valence-electron chi connectivity index (χ4n) is 9.00. The van der Waals surface area contributed by atoms with Crippen molar-refractivity contribution in [3.63, 3.8) is 0 Å². The van der Waals surface area contributed by atoms with Crippen LogP contribution in [-0.4, -0.2) is 130 Å². The Kier molecular flexibility index (Phi) is 42.0. The molecule has 2 aromatic rings. The van der Waals surface area contributed by atoms with Crippen LogP contribution in [0.3, 0.4) is 0 Å². The van der Waals surface area contributed by atoms with E-state index >= 15 is 0 Å². The molecule has 3 rings (SSSR count). The Morgan fingerprint density at radius 2 is 1.43 bits per heavy atom. The monoisotopic (exact) mass is 1420 g/mol. The van der Waals surface area contributed by atoms with Crippen LogP contribution in [-0.2, 0) is 70.4 Å². The smallest absolute Gasteiger partial charge is 0.407 e. The van der Waals surface area contributed by atoms with Crippen molar-refractivity contribution in [2.24, 2.45) is 11.8 Å². The standard InChI is InChI=1S/C41H66N4O9SSi.C31H44N4O6S/c1-11-13-14-15-16-20-35(47)55-24-18-17-19-32(27-34(46)52-23-25-56(8,9)10)53-39(50)36(29(3)4)45-38(49)33(12-2)44-37(48)30-21-22-42-31(26-30)28-43-40(51)54-41(5,6)7;1-5-7-8-9-10-14-27(37)42-17-12-11-13-24-19-26(36)33-20-23-18-22(15-16-32-23)29(38)34-25(6-2)30(39)35-28(21(3)4)31(40)41-24/h12,17,19,21-22,26,29,32,36H,11,13-16,18,20,23-25,27-28H2,1-10H3,(H,43,51)(H,44,48)(H,45,49);6,11,13,15-16,18,21,24,28H,5,7-10,12,14,17,19-20H2,1-4H3,(H,33,36)(H,34,38)(H,35,39)/b19-17+,33-12-;13-11+,25-6-/t32-,36+;24-,28+/m11/s1. The molecular weight excluding hydrogens is 1310 g/mol. The highest BCUT2D eigenvalue weighted by molar-refractivity contribution is 8.13. The normalized spacial score (nSPS) is 16.0. The van der Waals surface area contributed by atoms with Crippen molar-refractivity contribution in [1.82, 2.24) is 41.9 Å². The highest BCUT2D eigenvalue weighted by Gasteiger charge is 2.32. The second-order valence-corrected chi connectivity index (χ2v) is 34.4. The average Bonchev–Trinajstić information content (AvgIpc) is 0.867. The lowest BCUT2D eigenvalue weighted by Crippen LogP contribution is -2.48. The Morgan fingerprint density at radius 3 is 2.01 bits per heavy atom. The van der Waals surface area contributed by atoms with Gasteiger partial charge in [0, 0.05) is 55.9 Å². The van der Waals surface area contributed by atoms with E-state index in [1.807, 2.05) is 0 Å². The van der Waals surface area contributed by atoms with Gasteiger partial charge < -0.3 is 50.8 Å². The average molecular weight is 1420 g/mol. The van der Waals surface area contributed by atoms with Crippen molar-refractivity contribution in [3.05, 3.63) is 107 Å². The summed E-state index contributed by atoms with van der Waals surface area (Å²) in [6.07, 6.45) is 22.8. The third kappa shape index (κ3) is 38.6. The maximum atomic E-state index is 13.6. The summed E-state index contributed by atoms with van der Waals surface area (Å²) < 4.78 is 22.2. The van der Waals surface area contributed by atoms with Gasteiger partial charge in [-0.2, -0.15) is 0 Å². The number of thioether (sulfide) groups is 2. The molecule has 0 saturated carbocycles. The predicted molar refractivity (Wildman–Crippen MR) is 387 cm³/mol. The second-order valence-electron chi connectivity index (χ2n) is 26.5. The molecular formula is C72H110N8O15S2Si. The van der Waals surface area contributed by atoms with E-state index in [9.17, 15) is 52.7 Å². The fraction of sp³-hybridized carbons (Fsp3) is 0.597. The van der Waals surface area contributed by atoms with Crippen LogP contribution in [0.2, 0.25) is 25.7 Å². The number of esters is 3. The molecule has 0 aliphatic carbocycles. The maximum absolute atomic E-state index is 13.6. The van der Waals surface area contributed by atoms with Crippen LogP contribution in [0.5, 0.6) is 0 Å². The SMILES string of the molecule is C/C=C(\NC(=O)c1ccnc(CNC(=O)OC(C)(C)C)c1)C(=O)N[C@H](C(=O)O[C@H](/C=C/CCSC(=O)CCCCCCC)CC(=O)OCC[Si](C)(C)C)C(C)C.C/C=C1\NC(=O)c2ccnc(c2)CNC(=O)C[C@@H](/C=C/CCSC(=O)CCCCCCC)OC(=O)[C@H](C(C)C)NC1=O. The number of ether oxygens (including phenoxy) is 4. The lowest BCUT2D eigenvalue weighted by atomic mass is 10.0. The van der Waals surface area contributed by atoms with Gasteiger partial charge in [0.15, 0.2) is 10.2 Å². The molecule has 2 aromatic heterocycles. The van der Waals surface area contributed by atoms with E-state index in [1.165, 1.54) is 91.6 Å². The summed E-state index contributed by atoms with van der Waals surface area (Å²) in [6.45, 7) is 26.6. The highest BCUT2D eigenvalue weighted by Crippen LogP contribution is 2.19. The Balaban J connectivity index is 0.000000693. The number of pyridine rings is 2. The van der Waals surface area contributed by atoms with Crippen LogP contribution in [0.4, 0.5) is 4.79 Å². The molecule has 1 aliphatic heterocycles. The first-order chi connectivity index (χ1) is 46.4. The fourth-order valence-corrected chi connectivity index (χ4v) is 11.3. The van der Waals surface area contributed by atoms with Crippen LogP contribution in [0, 0.1) is 11.8 Å². The number of nitrogens with one attached hydrogen (secondary N) is 6. The Bertz CT molecular complexity index is 3050. The third-order valence-corrected chi connectivity index (χ3v) is 18.2. The lowest BCUT2D eigenvalue weighted by Gasteiger charge is -2.24. The van der Waals surface area contributed by atoms with Crippen molar-refractivity contribution in [3.8, 4) is 0 Å². The third-order valence-electron chi connectivity index (χ3n) is 14.6. The molecule has 4 atom stereocenters. The second kappa shape index (κ2) is 47.5. The zero-order valence-electron chi connectivity index (χ0n) is 60.3. The molecule has 0 fully saturated rings. The number of amides is 6. The van der Waals surface area contributed by atoms with E-state index < -0.39 is 91.5 Å². The van der Waals surface area contributed by atoms with E-state index in [0.717, 1.165) is 51.0 Å². The number of allylic oxidation sites excluding steroid dienone is 4. The quantitative estimate of drug-likeness (QED) is 0.00932. The molecule has 26 heteroatoms. The van der Waals surface area contributed by atoms with E-state index in [-0.39, 0.29) is 77.1 Å². The van der Waals surface area contributed by atoms with Crippen LogP contribution < -0.4 is 31.9 Å². The van der Waals surface area contributed by atoms with Gasteiger partial charge in [-0.05, 0) is 115 Å². The van der Waals surface area contributed by atoms with Gasteiger partial charge in [-0.25, -0.2) is 14.4 Å². The molecule has 0 saturated heterocycles. The van der Waals surface area contributed by atoms with Crippen LogP contribution in [0.15, 0.2) is 84.5 Å². The first-order valence-electron chi connectivity index (χ1n) is 34.3. The van der Waals surface area contributed by atoms with Gasteiger partial charge in [0.1, 0.15) is 41.3 Å². The summed E-state index contributed by atoms with van der Waals surface area (Å²) in [5, 5.41) is 16.1. The summed E-state index contributed by atoms with van der Waals surface area (Å²) >= 11 is 2.56. The van der Waals surface area contributed by atoms with Crippen molar-refractivity contribution >= 4 is 95.4 Å². The molecule has 6 amide bonds. The lowest BCUT2D eigenvalue weighted by molar-refractivity contribution is -0.156. The predicted octanol–water partition coefficient (Wildman–Crippen LogP) is 12.0. The van der Waals surface area contributed by atoms with Crippen molar-refractivity contribution < 1.29 is 71.7 Å². The van der Waals surface area contributed by atoms with Gasteiger partial charge in [0.05, 0.1) is 43.9 Å². The highest BCUT2D eigenvalue weighted by atomic mass is 32.2. The van der Waals surface area contributed by atoms with Crippen LogP contribution >= 0.6 is 23.5 Å². The zero-order valence-corrected chi connectivity index (χ0v) is 62.9. The Labute approximate surface area is 590 Å². The van der Waals surface area contributed by atoms with Gasteiger partial charge in [-0.1, -0.05) is 160 Å². The minimum Gasteiger partial charge on any atom is -0.466 e. The molecule has 2 bridgehead atoms. The number of aromatic nitrogens is 2. The minimum absolute atomic E-state index is 0.00936. The van der Waals surface area contributed by atoms with Gasteiger partial charge in [-0.15, -0.1) is 0 Å². The summed E-state index contributed by atoms with van der Waals surface area (Å²) in [7, 11) is -1.45. The van der Waals surface area contributed by atoms with E-state index in [0.29, 0.717) is 48.6 Å². The number of unbranched alkanes of at least 4 members (excludes halogenated alkanes) is 8. The van der Waals surface area contributed by atoms with Gasteiger partial charge in [-0.3, -0.25) is 48.3 Å². The number of alkyl carbamates (subject to hydrolysis) is 1. The summed E-state index contributed by atoms with van der Waals surface area (Å²) in [4.78, 5) is 149.